The molecule has 0 heterocycles. The van der Waals surface area contributed by atoms with Gasteiger partial charge in [-0.3, -0.25) is 0 Å². The topological polar surface area (TPSA) is 21.3 Å². The molecule has 2 aliphatic carbocycles. The first-order valence-electron chi connectivity index (χ1n) is 8.08. The van der Waals surface area contributed by atoms with Gasteiger partial charge in [0.2, 0.25) is 0 Å². The van der Waals surface area contributed by atoms with E-state index in [1.54, 1.807) is 0 Å². The van der Waals surface area contributed by atoms with Crippen LogP contribution in [0.1, 0.15) is 71.6 Å². The van der Waals surface area contributed by atoms with Gasteiger partial charge in [-0.25, -0.2) is 0 Å². The van der Waals surface area contributed by atoms with Crippen molar-refractivity contribution in [2.75, 3.05) is 13.2 Å². The lowest BCUT2D eigenvalue weighted by atomic mass is 9.77. The van der Waals surface area contributed by atoms with Crippen LogP contribution < -0.4 is 5.32 Å². The van der Waals surface area contributed by atoms with Crippen LogP contribution in [-0.2, 0) is 4.74 Å². The first-order chi connectivity index (χ1) is 8.70. The standard InChI is InChI=1S/C16H31NO/c1-14(2)17-12-11-16(9-6-10-16)18-13-15-7-4-3-5-8-15/h14-15,17H,3-13H2,1-2H3. The van der Waals surface area contributed by atoms with Gasteiger partial charge in [-0.05, 0) is 51.0 Å². The van der Waals surface area contributed by atoms with Crippen molar-refractivity contribution in [2.45, 2.75) is 83.3 Å². The first-order valence-corrected chi connectivity index (χ1v) is 8.08. The van der Waals surface area contributed by atoms with Crippen LogP contribution in [0.2, 0.25) is 0 Å². The fourth-order valence-corrected chi connectivity index (χ4v) is 3.27. The zero-order valence-corrected chi connectivity index (χ0v) is 12.3. The average Bonchev–Trinajstić information content (AvgIpc) is 2.32. The first kappa shape index (κ1) is 14.3. The number of hydrogen-bond donors (Lipinski definition) is 1. The molecule has 0 aromatic heterocycles. The summed E-state index contributed by atoms with van der Waals surface area (Å²) in [5, 5.41) is 3.53. The van der Waals surface area contributed by atoms with E-state index in [1.807, 2.05) is 0 Å². The molecule has 0 aliphatic heterocycles. The van der Waals surface area contributed by atoms with E-state index in [0.717, 1.165) is 19.1 Å². The highest BCUT2D eigenvalue weighted by atomic mass is 16.5. The molecular formula is C16H31NO. The molecule has 0 spiro atoms. The van der Waals surface area contributed by atoms with Crippen molar-refractivity contribution in [3.05, 3.63) is 0 Å². The lowest BCUT2D eigenvalue weighted by molar-refractivity contribution is -0.118. The lowest BCUT2D eigenvalue weighted by Gasteiger charge is -2.43. The molecule has 0 amide bonds. The van der Waals surface area contributed by atoms with E-state index >= 15 is 0 Å². The van der Waals surface area contributed by atoms with Gasteiger partial charge in [0, 0.05) is 6.04 Å². The van der Waals surface area contributed by atoms with Crippen molar-refractivity contribution in [1.82, 2.24) is 5.32 Å². The molecule has 106 valence electrons. The van der Waals surface area contributed by atoms with Crippen molar-refractivity contribution in [2.24, 2.45) is 5.92 Å². The van der Waals surface area contributed by atoms with Crippen LogP contribution in [0.15, 0.2) is 0 Å². The van der Waals surface area contributed by atoms with Crippen LogP contribution in [0, 0.1) is 5.92 Å². The Bertz CT molecular complexity index is 229. The molecule has 2 saturated carbocycles. The van der Waals surface area contributed by atoms with E-state index in [0.29, 0.717) is 6.04 Å². The molecule has 0 aromatic carbocycles. The molecule has 2 heteroatoms. The normalized spacial score (nSPS) is 24.2. The molecule has 2 nitrogen and oxygen atoms in total. The molecule has 2 aliphatic rings. The Kier molecular flexibility index (Phi) is 5.50. The van der Waals surface area contributed by atoms with Crippen LogP contribution >= 0.6 is 0 Å². The van der Waals surface area contributed by atoms with Crippen LogP contribution in [0.25, 0.3) is 0 Å². The Balaban J connectivity index is 1.67. The van der Waals surface area contributed by atoms with Crippen LogP contribution in [-0.4, -0.2) is 24.8 Å². The fraction of sp³-hybridized carbons (Fsp3) is 1.00. The van der Waals surface area contributed by atoms with E-state index in [4.69, 9.17) is 4.74 Å². The van der Waals surface area contributed by atoms with Crippen LogP contribution in [0.3, 0.4) is 0 Å². The highest BCUT2D eigenvalue weighted by Crippen LogP contribution is 2.39. The van der Waals surface area contributed by atoms with E-state index in [9.17, 15) is 0 Å². The molecular weight excluding hydrogens is 222 g/mol. The average molecular weight is 253 g/mol. The van der Waals surface area contributed by atoms with Crippen LogP contribution in [0.5, 0.6) is 0 Å². The van der Waals surface area contributed by atoms with Crippen molar-refractivity contribution in [3.8, 4) is 0 Å². The maximum Gasteiger partial charge on any atom is 0.0694 e. The maximum absolute atomic E-state index is 6.35. The summed E-state index contributed by atoms with van der Waals surface area (Å²) in [4.78, 5) is 0. The summed E-state index contributed by atoms with van der Waals surface area (Å²) < 4.78 is 6.35. The molecule has 2 fully saturated rings. The van der Waals surface area contributed by atoms with Crippen molar-refractivity contribution < 1.29 is 4.74 Å². The Labute approximate surface area is 113 Å². The molecule has 0 radical (unpaired) electrons. The zero-order valence-electron chi connectivity index (χ0n) is 12.3. The zero-order chi connectivity index (χ0) is 12.8. The van der Waals surface area contributed by atoms with Gasteiger partial charge < -0.3 is 10.1 Å². The number of hydrogen-bond acceptors (Lipinski definition) is 2. The summed E-state index contributed by atoms with van der Waals surface area (Å²) in [6, 6.07) is 0.598. The fourth-order valence-electron chi connectivity index (χ4n) is 3.27. The predicted molar refractivity (Wildman–Crippen MR) is 76.9 cm³/mol. The van der Waals surface area contributed by atoms with Gasteiger partial charge >= 0.3 is 0 Å². The largest absolute Gasteiger partial charge is 0.375 e. The van der Waals surface area contributed by atoms with Gasteiger partial charge in [-0.15, -0.1) is 0 Å². The summed E-state index contributed by atoms with van der Waals surface area (Å²) in [5.74, 6) is 0.856. The Morgan fingerprint density at radius 3 is 2.39 bits per heavy atom. The van der Waals surface area contributed by atoms with Gasteiger partial charge in [0.15, 0.2) is 0 Å². The van der Waals surface area contributed by atoms with E-state index in [2.05, 4.69) is 19.2 Å². The third-order valence-corrected chi connectivity index (χ3v) is 4.75. The number of rotatable bonds is 7. The summed E-state index contributed by atoms with van der Waals surface area (Å²) in [7, 11) is 0. The van der Waals surface area contributed by atoms with E-state index < -0.39 is 0 Å². The molecule has 0 atom stereocenters. The minimum atomic E-state index is 0.249. The molecule has 18 heavy (non-hydrogen) atoms. The van der Waals surface area contributed by atoms with Crippen molar-refractivity contribution in [1.29, 1.82) is 0 Å². The molecule has 0 saturated heterocycles. The SMILES string of the molecule is CC(C)NCCC1(OCC2CCCCC2)CCC1. The maximum atomic E-state index is 6.35. The Hall–Kier alpha value is -0.0800. The third-order valence-electron chi connectivity index (χ3n) is 4.75. The smallest absolute Gasteiger partial charge is 0.0694 e. The summed E-state index contributed by atoms with van der Waals surface area (Å²) in [5.41, 5.74) is 0.249. The minimum absolute atomic E-state index is 0.249. The highest BCUT2D eigenvalue weighted by molar-refractivity contribution is 4.90. The van der Waals surface area contributed by atoms with Crippen molar-refractivity contribution >= 4 is 0 Å². The second kappa shape index (κ2) is 6.91. The Morgan fingerprint density at radius 2 is 1.83 bits per heavy atom. The minimum Gasteiger partial charge on any atom is -0.375 e. The lowest BCUT2D eigenvalue weighted by Crippen LogP contribution is -2.44. The summed E-state index contributed by atoms with van der Waals surface area (Å²) in [6.45, 7) is 6.58. The van der Waals surface area contributed by atoms with Gasteiger partial charge in [0.1, 0.15) is 0 Å². The van der Waals surface area contributed by atoms with Crippen LogP contribution in [0.4, 0.5) is 0 Å². The van der Waals surface area contributed by atoms with E-state index in [1.165, 1.54) is 57.8 Å². The highest BCUT2D eigenvalue weighted by Gasteiger charge is 2.38. The summed E-state index contributed by atoms with van der Waals surface area (Å²) >= 11 is 0. The monoisotopic (exact) mass is 253 g/mol. The second-order valence-corrected chi connectivity index (χ2v) is 6.71. The molecule has 1 N–H and O–H groups in total. The van der Waals surface area contributed by atoms with E-state index in [-0.39, 0.29) is 5.60 Å². The summed E-state index contributed by atoms with van der Waals surface area (Å²) in [6.07, 6.45) is 12.3. The van der Waals surface area contributed by atoms with Gasteiger partial charge in [-0.2, -0.15) is 0 Å². The predicted octanol–water partition coefficient (Wildman–Crippen LogP) is 3.89. The molecule has 0 bridgehead atoms. The molecule has 2 rings (SSSR count). The van der Waals surface area contributed by atoms with Crippen molar-refractivity contribution in [3.63, 3.8) is 0 Å². The third kappa shape index (κ3) is 4.24. The van der Waals surface area contributed by atoms with Gasteiger partial charge in [0.25, 0.3) is 0 Å². The van der Waals surface area contributed by atoms with Gasteiger partial charge in [-0.1, -0.05) is 33.1 Å². The molecule has 0 aromatic rings. The second-order valence-electron chi connectivity index (χ2n) is 6.71. The number of nitrogens with one attached hydrogen (secondary N) is 1. The number of ether oxygens (including phenoxy) is 1. The quantitative estimate of drug-likeness (QED) is 0.743. The van der Waals surface area contributed by atoms with Gasteiger partial charge in [0.05, 0.1) is 12.2 Å². The molecule has 0 unspecified atom stereocenters. The Morgan fingerprint density at radius 1 is 1.11 bits per heavy atom.